The lowest BCUT2D eigenvalue weighted by Gasteiger charge is -2.30. The Bertz CT molecular complexity index is 1020. The van der Waals surface area contributed by atoms with Gasteiger partial charge in [0, 0.05) is 18.8 Å². The zero-order chi connectivity index (χ0) is 21.1. The van der Waals surface area contributed by atoms with Crippen LogP contribution in [0.1, 0.15) is 11.6 Å². The number of amides is 2. The second kappa shape index (κ2) is 6.88. The molecule has 4 heterocycles. The lowest BCUT2D eigenvalue weighted by atomic mass is 9.91. The zero-order valence-electron chi connectivity index (χ0n) is 16.7. The molecule has 5 atom stereocenters. The molecule has 0 aromatic heterocycles. The van der Waals surface area contributed by atoms with Gasteiger partial charge in [-0.1, -0.05) is 36.4 Å². The molecule has 2 amide bonds. The Morgan fingerprint density at radius 2 is 1.55 bits per heavy atom. The molecule has 0 radical (unpaired) electrons. The molecule has 0 unspecified atom stereocenters. The number of hydrogen-bond acceptors (Lipinski definition) is 7. The highest BCUT2D eigenvalue weighted by Crippen LogP contribution is 2.42. The maximum Gasteiger partial charge on any atom is 0.257 e. The number of morpholine rings is 1. The number of anilines is 1. The maximum absolute atomic E-state index is 13.0. The second-order valence-corrected chi connectivity index (χ2v) is 8.33. The minimum Gasteiger partial charge on any atom is -0.467 e. The monoisotopic (exact) mass is 419 g/mol. The van der Waals surface area contributed by atoms with E-state index in [0.29, 0.717) is 13.2 Å². The van der Waals surface area contributed by atoms with Gasteiger partial charge in [0.2, 0.25) is 17.6 Å². The molecule has 8 nitrogen and oxygen atoms in total. The topological polar surface area (TPSA) is 88.5 Å². The molecule has 6 rings (SSSR count). The highest BCUT2D eigenvalue weighted by atomic mass is 16.5. The highest BCUT2D eigenvalue weighted by Gasteiger charge is 2.60. The molecule has 0 spiro atoms. The first kappa shape index (κ1) is 18.5. The Hall–Kier alpha value is -3.26. The number of rotatable bonds is 3. The molecule has 3 fully saturated rings. The van der Waals surface area contributed by atoms with Gasteiger partial charge in [-0.2, -0.15) is 0 Å². The lowest BCUT2D eigenvalue weighted by Crippen LogP contribution is -2.51. The van der Waals surface area contributed by atoms with Gasteiger partial charge >= 0.3 is 0 Å². The van der Waals surface area contributed by atoms with Crippen LogP contribution in [-0.2, 0) is 23.9 Å². The Kier molecular flexibility index (Phi) is 4.11. The summed E-state index contributed by atoms with van der Waals surface area (Å²) in [6, 6.07) is 6.63. The molecule has 1 aromatic rings. The van der Waals surface area contributed by atoms with E-state index in [1.54, 1.807) is 24.3 Å². The fraction of sp³-hybridized carbons (Fsp3) is 0.391. The number of ether oxygens (including phenoxy) is 2. The summed E-state index contributed by atoms with van der Waals surface area (Å²) in [6.07, 6.45) is 6.29. The van der Waals surface area contributed by atoms with Crippen LogP contribution in [0.25, 0.3) is 0 Å². The van der Waals surface area contributed by atoms with Crippen LogP contribution >= 0.6 is 0 Å². The number of allylic oxidation sites excluding steroid dienone is 2. The third kappa shape index (κ3) is 2.71. The summed E-state index contributed by atoms with van der Waals surface area (Å²) in [7, 11) is 0. The van der Waals surface area contributed by atoms with E-state index in [9.17, 15) is 14.4 Å². The minimum absolute atomic E-state index is 0.0128. The number of aliphatic imine (C=N–C) groups is 1. The highest BCUT2D eigenvalue weighted by molar-refractivity contribution is 6.42. The fourth-order valence-corrected chi connectivity index (χ4v) is 5.07. The average molecular weight is 419 g/mol. The zero-order valence-corrected chi connectivity index (χ0v) is 16.7. The first-order chi connectivity index (χ1) is 15.1. The number of fused-ring (bicyclic) bond motifs is 3. The molecule has 31 heavy (non-hydrogen) atoms. The second-order valence-electron chi connectivity index (χ2n) is 8.33. The summed E-state index contributed by atoms with van der Waals surface area (Å²) in [4.78, 5) is 46.6. The van der Waals surface area contributed by atoms with E-state index >= 15 is 0 Å². The molecular formula is C23H21N3O5. The number of carbonyl (C=O) groups excluding carboxylic acids is 3. The van der Waals surface area contributed by atoms with Crippen LogP contribution in [0.4, 0.5) is 5.69 Å². The molecule has 158 valence electrons. The van der Waals surface area contributed by atoms with Crippen molar-refractivity contribution in [1.29, 1.82) is 0 Å². The van der Waals surface area contributed by atoms with Gasteiger partial charge in [-0.15, -0.1) is 0 Å². The number of benzene rings is 1. The van der Waals surface area contributed by atoms with Gasteiger partial charge in [0.1, 0.15) is 12.1 Å². The standard InChI is InChI=1S/C23H21N3O5/c27-19-18(26-22(28)15-3-1-2-4-16(15)23(26)29)20-17(24-21(19)31-20)13-5-7-14(8-6-13)25-9-11-30-12-10-25/h1-8,15-18,20H,9-12H2/t15-,16-,17-,18+,20-/m0/s1. The summed E-state index contributed by atoms with van der Waals surface area (Å²) >= 11 is 0. The summed E-state index contributed by atoms with van der Waals surface area (Å²) in [5.41, 5.74) is 2.00. The molecule has 5 aliphatic rings. The van der Waals surface area contributed by atoms with Crippen LogP contribution < -0.4 is 4.90 Å². The van der Waals surface area contributed by atoms with E-state index < -0.39 is 30.0 Å². The maximum atomic E-state index is 13.0. The third-order valence-corrected chi connectivity index (χ3v) is 6.67. The molecule has 1 aliphatic carbocycles. The predicted molar refractivity (Wildman–Crippen MR) is 110 cm³/mol. The van der Waals surface area contributed by atoms with E-state index in [1.165, 1.54) is 0 Å². The summed E-state index contributed by atoms with van der Waals surface area (Å²) in [5, 5.41) is 0. The number of carbonyl (C=O) groups is 3. The van der Waals surface area contributed by atoms with Crippen molar-refractivity contribution in [3.63, 3.8) is 0 Å². The Morgan fingerprint density at radius 1 is 0.903 bits per heavy atom. The fourth-order valence-electron chi connectivity index (χ4n) is 5.07. The van der Waals surface area contributed by atoms with E-state index in [2.05, 4.69) is 9.89 Å². The number of ketones is 1. The van der Waals surface area contributed by atoms with E-state index in [1.807, 2.05) is 24.3 Å². The van der Waals surface area contributed by atoms with Crippen molar-refractivity contribution in [3.8, 4) is 0 Å². The molecule has 8 heteroatoms. The largest absolute Gasteiger partial charge is 0.467 e. The SMILES string of the molecule is O=C1C2=N[C@@H](c3ccc(N4CCOCC4)cc3)[C@H](O2)[C@@H]1N1C(=O)[C@H]2C=CC=C[C@@H]2C1=O. The van der Waals surface area contributed by atoms with Gasteiger partial charge in [0.15, 0.2) is 6.10 Å². The van der Waals surface area contributed by atoms with Crippen molar-refractivity contribution in [1.82, 2.24) is 4.90 Å². The molecule has 1 aromatic carbocycles. The van der Waals surface area contributed by atoms with Crippen molar-refractivity contribution in [2.75, 3.05) is 31.2 Å². The summed E-state index contributed by atoms with van der Waals surface area (Å²) in [5.74, 6) is -2.15. The van der Waals surface area contributed by atoms with E-state index in [0.717, 1.165) is 29.2 Å². The Labute approximate surface area is 178 Å². The first-order valence-corrected chi connectivity index (χ1v) is 10.6. The quantitative estimate of drug-likeness (QED) is 0.681. The van der Waals surface area contributed by atoms with E-state index in [-0.39, 0.29) is 23.5 Å². The minimum atomic E-state index is -0.955. The number of nitrogens with zero attached hydrogens (tertiary/aromatic N) is 3. The van der Waals surface area contributed by atoms with Crippen LogP contribution in [0.15, 0.2) is 53.6 Å². The number of Topliss-reactive ketones (excluding diaryl/α,β-unsaturated/α-hetero) is 1. The molecule has 3 saturated heterocycles. The van der Waals surface area contributed by atoms with Gasteiger partial charge in [0.05, 0.1) is 25.0 Å². The van der Waals surface area contributed by atoms with Crippen molar-refractivity contribution in [3.05, 3.63) is 54.1 Å². The summed E-state index contributed by atoms with van der Waals surface area (Å²) < 4.78 is 11.2. The van der Waals surface area contributed by atoms with Gasteiger partial charge in [0.25, 0.3) is 5.90 Å². The van der Waals surface area contributed by atoms with Crippen LogP contribution in [0.2, 0.25) is 0 Å². The van der Waals surface area contributed by atoms with Crippen molar-refractivity contribution < 1.29 is 23.9 Å². The van der Waals surface area contributed by atoms with Gasteiger partial charge in [-0.3, -0.25) is 19.3 Å². The molecular weight excluding hydrogens is 398 g/mol. The molecule has 0 saturated carbocycles. The van der Waals surface area contributed by atoms with Crippen molar-refractivity contribution in [2.45, 2.75) is 18.2 Å². The Morgan fingerprint density at radius 3 is 2.16 bits per heavy atom. The number of imide groups is 1. The summed E-state index contributed by atoms with van der Waals surface area (Å²) in [6.45, 7) is 3.11. The predicted octanol–water partition coefficient (Wildman–Crippen LogP) is 1.04. The van der Waals surface area contributed by atoms with Crippen LogP contribution in [0, 0.1) is 11.8 Å². The van der Waals surface area contributed by atoms with Gasteiger partial charge < -0.3 is 14.4 Å². The van der Waals surface area contributed by atoms with Gasteiger partial charge in [-0.25, -0.2) is 4.99 Å². The number of hydrogen-bond donors (Lipinski definition) is 0. The van der Waals surface area contributed by atoms with Crippen LogP contribution in [0.3, 0.4) is 0 Å². The van der Waals surface area contributed by atoms with Crippen molar-refractivity contribution in [2.24, 2.45) is 16.8 Å². The molecule has 2 bridgehead atoms. The smallest absolute Gasteiger partial charge is 0.257 e. The normalized spacial score (nSPS) is 33.7. The van der Waals surface area contributed by atoms with Crippen LogP contribution in [-0.4, -0.2) is 66.8 Å². The van der Waals surface area contributed by atoms with Crippen molar-refractivity contribution >= 4 is 29.2 Å². The number of likely N-dealkylation sites (tertiary alicyclic amines) is 1. The third-order valence-electron chi connectivity index (χ3n) is 6.67. The van der Waals surface area contributed by atoms with Crippen LogP contribution in [0.5, 0.6) is 0 Å². The molecule has 0 N–H and O–H groups in total. The lowest BCUT2D eigenvalue weighted by molar-refractivity contribution is -0.146. The average Bonchev–Trinajstić information content (AvgIpc) is 3.46. The van der Waals surface area contributed by atoms with Gasteiger partial charge in [-0.05, 0) is 17.7 Å². The molecule has 4 aliphatic heterocycles. The Balaban J connectivity index is 1.27. The van der Waals surface area contributed by atoms with E-state index in [4.69, 9.17) is 9.47 Å². The first-order valence-electron chi connectivity index (χ1n) is 10.6.